The van der Waals surface area contributed by atoms with Gasteiger partial charge in [-0.25, -0.2) is 8.42 Å². The maximum absolute atomic E-state index is 11.3. The molecule has 3 N–H and O–H groups in total. The van der Waals surface area contributed by atoms with Crippen LogP contribution in [0.2, 0.25) is 0 Å². The maximum atomic E-state index is 11.3. The van der Waals surface area contributed by atoms with Crippen LogP contribution in [0.5, 0.6) is 0 Å². The molecule has 0 radical (unpaired) electrons. The molecule has 0 aliphatic rings. The lowest BCUT2D eigenvalue weighted by atomic mass is 10.3. The number of thioether (sulfide) groups is 1. The third-order valence-corrected chi connectivity index (χ3v) is 4.45. The van der Waals surface area contributed by atoms with Crippen LogP contribution in [-0.2, 0) is 9.84 Å². The van der Waals surface area contributed by atoms with Gasteiger partial charge in [0.25, 0.3) is 0 Å². The Labute approximate surface area is 111 Å². The molecule has 0 unspecified atom stereocenters. The number of oxime groups is 1. The van der Waals surface area contributed by atoms with Gasteiger partial charge in [-0.3, -0.25) is 0 Å². The van der Waals surface area contributed by atoms with Gasteiger partial charge in [0, 0.05) is 17.6 Å². The van der Waals surface area contributed by atoms with Crippen LogP contribution in [0.15, 0.2) is 39.2 Å². The highest BCUT2D eigenvalue weighted by molar-refractivity contribution is 7.99. The van der Waals surface area contributed by atoms with E-state index in [-0.39, 0.29) is 5.84 Å². The maximum Gasteiger partial charge on any atom is 0.175 e. The van der Waals surface area contributed by atoms with Crippen LogP contribution in [-0.4, -0.2) is 31.5 Å². The summed E-state index contributed by atoms with van der Waals surface area (Å²) in [6, 6.07) is 6.76. The third-order valence-electron chi connectivity index (χ3n) is 2.23. The van der Waals surface area contributed by atoms with Crippen molar-refractivity contribution in [2.45, 2.75) is 22.6 Å². The van der Waals surface area contributed by atoms with Crippen molar-refractivity contribution in [3.05, 3.63) is 24.3 Å². The Balaban J connectivity index is 2.45. The quantitative estimate of drug-likeness (QED) is 0.208. The first-order valence-electron chi connectivity index (χ1n) is 5.33. The summed E-state index contributed by atoms with van der Waals surface area (Å²) in [5.74, 6) is 1.05. The molecule has 100 valence electrons. The van der Waals surface area contributed by atoms with Gasteiger partial charge in [0.05, 0.1) is 4.90 Å². The lowest BCUT2D eigenvalue weighted by Crippen LogP contribution is -2.11. The topological polar surface area (TPSA) is 92.8 Å². The minimum Gasteiger partial charge on any atom is -0.409 e. The van der Waals surface area contributed by atoms with Gasteiger partial charge in [-0.2, -0.15) is 0 Å². The average Bonchev–Trinajstić information content (AvgIpc) is 2.33. The number of sulfone groups is 1. The second kappa shape index (κ2) is 6.65. The summed E-state index contributed by atoms with van der Waals surface area (Å²) in [5.41, 5.74) is 5.34. The number of hydrogen-bond donors (Lipinski definition) is 2. The fourth-order valence-electron chi connectivity index (χ4n) is 1.28. The van der Waals surface area contributed by atoms with Crippen molar-refractivity contribution in [2.24, 2.45) is 10.9 Å². The van der Waals surface area contributed by atoms with Gasteiger partial charge in [0.1, 0.15) is 5.84 Å². The summed E-state index contributed by atoms with van der Waals surface area (Å²) < 4.78 is 22.5. The highest BCUT2D eigenvalue weighted by Crippen LogP contribution is 2.21. The normalized spacial score (nSPS) is 12.6. The number of amidine groups is 1. The van der Waals surface area contributed by atoms with Gasteiger partial charge in [0.15, 0.2) is 9.84 Å². The van der Waals surface area contributed by atoms with E-state index < -0.39 is 9.84 Å². The van der Waals surface area contributed by atoms with Crippen molar-refractivity contribution < 1.29 is 13.6 Å². The summed E-state index contributed by atoms with van der Waals surface area (Å²) in [6.45, 7) is 0. The number of nitrogens with two attached hydrogens (primary N) is 1. The van der Waals surface area contributed by atoms with Crippen LogP contribution in [0.3, 0.4) is 0 Å². The second-order valence-electron chi connectivity index (χ2n) is 3.79. The molecule has 0 aromatic heterocycles. The molecule has 0 fully saturated rings. The zero-order chi connectivity index (χ0) is 13.6. The minimum absolute atomic E-state index is 0.225. The summed E-state index contributed by atoms with van der Waals surface area (Å²) in [5, 5.41) is 11.2. The Morgan fingerprint density at radius 2 is 2.00 bits per heavy atom. The highest BCUT2D eigenvalue weighted by atomic mass is 32.2. The molecular weight excluding hydrogens is 272 g/mol. The number of benzene rings is 1. The molecule has 0 heterocycles. The van der Waals surface area contributed by atoms with Gasteiger partial charge in [-0.15, -0.1) is 11.8 Å². The van der Waals surface area contributed by atoms with E-state index in [9.17, 15) is 8.42 Å². The largest absolute Gasteiger partial charge is 0.409 e. The van der Waals surface area contributed by atoms with Crippen molar-refractivity contribution >= 4 is 27.4 Å². The first-order valence-corrected chi connectivity index (χ1v) is 8.20. The van der Waals surface area contributed by atoms with Crippen molar-refractivity contribution in [3.63, 3.8) is 0 Å². The molecule has 1 rings (SSSR count). The average molecular weight is 288 g/mol. The van der Waals surface area contributed by atoms with Crippen LogP contribution in [0.25, 0.3) is 0 Å². The molecule has 0 aliphatic carbocycles. The van der Waals surface area contributed by atoms with E-state index in [0.717, 1.165) is 17.1 Å². The standard InChI is InChI=1S/C11H16N2O3S2/c1-18(15,16)10-6-4-9(5-7-10)17-8-2-3-11(12)13-14/h4-7,14H,2-3,8H2,1H3,(H2,12,13). The van der Waals surface area contributed by atoms with Crippen molar-refractivity contribution in [1.82, 2.24) is 0 Å². The van der Waals surface area contributed by atoms with Crippen molar-refractivity contribution in [3.8, 4) is 0 Å². The zero-order valence-electron chi connectivity index (χ0n) is 10.0. The predicted molar refractivity (Wildman–Crippen MR) is 72.9 cm³/mol. The van der Waals surface area contributed by atoms with Crippen molar-refractivity contribution in [1.29, 1.82) is 0 Å². The summed E-state index contributed by atoms with van der Waals surface area (Å²) in [4.78, 5) is 1.32. The lowest BCUT2D eigenvalue weighted by molar-refractivity contribution is 0.317. The smallest absolute Gasteiger partial charge is 0.175 e. The third kappa shape index (κ3) is 4.97. The van der Waals surface area contributed by atoms with E-state index in [1.807, 2.05) is 0 Å². The van der Waals surface area contributed by atoms with Crippen LogP contribution in [0.1, 0.15) is 12.8 Å². The van der Waals surface area contributed by atoms with E-state index in [1.54, 1.807) is 36.0 Å². The fraction of sp³-hybridized carbons (Fsp3) is 0.364. The Morgan fingerprint density at radius 1 is 1.39 bits per heavy atom. The van der Waals surface area contributed by atoms with Crippen LogP contribution >= 0.6 is 11.8 Å². The van der Waals surface area contributed by atoms with Gasteiger partial charge < -0.3 is 10.9 Å². The fourth-order valence-corrected chi connectivity index (χ4v) is 2.76. The molecule has 0 saturated carbocycles. The molecule has 1 aromatic rings. The van der Waals surface area contributed by atoms with Gasteiger partial charge in [-0.1, -0.05) is 5.16 Å². The number of rotatable bonds is 6. The molecule has 0 amide bonds. The Hall–Kier alpha value is -1.21. The van der Waals surface area contributed by atoms with E-state index in [2.05, 4.69) is 5.16 Å². The number of nitrogens with zero attached hydrogens (tertiary/aromatic N) is 1. The van der Waals surface area contributed by atoms with E-state index in [4.69, 9.17) is 10.9 Å². The van der Waals surface area contributed by atoms with Crippen LogP contribution in [0.4, 0.5) is 0 Å². The predicted octanol–water partition coefficient (Wildman–Crippen LogP) is 1.71. The van der Waals surface area contributed by atoms with Crippen molar-refractivity contribution in [2.75, 3.05) is 12.0 Å². The minimum atomic E-state index is -3.13. The second-order valence-corrected chi connectivity index (χ2v) is 6.97. The molecule has 18 heavy (non-hydrogen) atoms. The Morgan fingerprint density at radius 3 is 2.50 bits per heavy atom. The summed E-state index contributed by atoms with van der Waals surface area (Å²) in [6.07, 6.45) is 2.53. The molecular formula is C11H16N2O3S2. The number of hydrogen-bond acceptors (Lipinski definition) is 5. The zero-order valence-corrected chi connectivity index (χ0v) is 11.7. The van der Waals surface area contributed by atoms with Gasteiger partial charge >= 0.3 is 0 Å². The van der Waals surface area contributed by atoms with Gasteiger partial charge in [0.2, 0.25) is 0 Å². The Kier molecular flexibility index (Phi) is 5.49. The molecule has 0 aliphatic heterocycles. The van der Waals surface area contributed by atoms with Gasteiger partial charge in [-0.05, 0) is 36.4 Å². The van der Waals surface area contributed by atoms with E-state index in [0.29, 0.717) is 11.3 Å². The first kappa shape index (κ1) is 14.8. The molecule has 0 atom stereocenters. The summed E-state index contributed by atoms with van der Waals surface area (Å²) >= 11 is 1.61. The van der Waals surface area contributed by atoms with E-state index >= 15 is 0 Å². The lowest BCUT2D eigenvalue weighted by Gasteiger charge is -2.03. The SMILES string of the molecule is CS(=O)(=O)c1ccc(SCCCC(N)=NO)cc1. The summed E-state index contributed by atoms with van der Waals surface area (Å²) in [7, 11) is -3.13. The molecule has 5 nitrogen and oxygen atoms in total. The van der Waals surface area contributed by atoms with Crippen LogP contribution < -0.4 is 5.73 Å². The molecule has 0 bridgehead atoms. The monoisotopic (exact) mass is 288 g/mol. The Bertz CT molecular complexity index is 510. The van der Waals surface area contributed by atoms with Crippen LogP contribution in [0, 0.1) is 0 Å². The van der Waals surface area contributed by atoms with E-state index in [1.165, 1.54) is 6.26 Å². The molecule has 7 heteroatoms. The first-order chi connectivity index (χ1) is 8.43. The molecule has 1 aromatic carbocycles. The highest BCUT2D eigenvalue weighted by Gasteiger charge is 2.06. The molecule has 0 saturated heterocycles. The molecule has 0 spiro atoms.